The molecule has 0 bridgehead atoms. The van der Waals surface area contributed by atoms with Gasteiger partial charge < -0.3 is 0 Å². The minimum Gasteiger partial charge on any atom is -0.0885 e. The average molecular weight is 149 g/mol. The Bertz CT molecular complexity index is 66.3. The molecule has 0 radical (unpaired) electrons. The van der Waals surface area contributed by atoms with Crippen LogP contribution in [0, 0.1) is 5.41 Å². The quantitative estimate of drug-likeness (QED) is 0.463. The smallest absolute Gasteiger partial charge is 0.0202 e. The predicted octanol–water partition coefficient (Wildman–Crippen LogP) is 2.18. The van der Waals surface area contributed by atoms with E-state index in [1.165, 1.54) is 6.42 Å². The monoisotopic (exact) mass is 148 g/mol. The first kappa shape index (κ1) is 4.63. The number of rotatable bonds is 0. The van der Waals surface area contributed by atoms with Gasteiger partial charge >= 0.3 is 0 Å². The van der Waals surface area contributed by atoms with Gasteiger partial charge in [-0.3, -0.25) is 0 Å². The molecule has 0 spiro atoms. The van der Waals surface area contributed by atoms with Gasteiger partial charge in [0.15, 0.2) is 0 Å². The van der Waals surface area contributed by atoms with Crippen molar-refractivity contribution in [3.63, 3.8) is 0 Å². The molecule has 0 N–H and O–H groups in total. The van der Waals surface area contributed by atoms with E-state index >= 15 is 0 Å². The van der Waals surface area contributed by atoms with Crippen molar-refractivity contribution in [3.8, 4) is 0 Å². The summed E-state index contributed by atoms with van der Waals surface area (Å²) in [6.45, 7) is 4.54. The highest BCUT2D eigenvalue weighted by molar-refractivity contribution is 9.09. The van der Waals surface area contributed by atoms with E-state index in [2.05, 4.69) is 29.8 Å². The van der Waals surface area contributed by atoms with Gasteiger partial charge in [0.25, 0.3) is 0 Å². The highest BCUT2D eigenvalue weighted by Crippen LogP contribution is 2.50. The fourth-order valence-electron chi connectivity index (χ4n) is 0.403. The standard InChI is InChI=1S/C5H9Br/c1-5(2)3-4(5)6/h4H,3H2,1-2H3/t4-/m0/s1. The van der Waals surface area contributed by atoms with Crippen molar-refractivity contribution in [2.45, 2.75) is 25.1 Å². The lowest BCUT2D eigenvalue weighted by molar-refractivity contribution is 0.659. The van der Waals surface area contributed by atoms with Crippen molar-refractivity contribution in [2.24, 2.45) is 5.41 Å². The van der Waals surface area contributed by atoms with Crippen LogP contribution in [0.15, 0.2) is 0 Å². The maximum absolute atomic E-state index is 3.50. The lowest BCUT2D eigenvalue weighted by Gasteiger charge is -1.90. The first-order valence-corrected chi connectivity index (χ1v) is 3.18. The Balaban J connectivity index is 2.41. The van der Waals surface area contributed by atoms with Crippen molar-refractivity contribution in [1.29, 1.82) is 0 Å². The van der Waals surface area contributed by atoms with Crippen LogP contribution in [0.25, 0.3) is 0 Å². The molecule has 6 heavy (non-hydrogen) atoms. The molecule has 0 aromatic heterocycles. The lowest BCUT2D eigenvalue weighted by Crippen LogP contribution is -1.84. The molecule has 0 aromatic rings. The summed E-state index contributed by atoms with van der Waals surface area (Å²) in [5, 5.41) is 0. The second kappa shape index (κ2) is 1.00. The predicted molar refractivity (Wildman–Crippen MR) is 31.1 cm³/mol. The van der Waals surface area contributed by atoms with Crippen LogP contribution in [0.1, 0.15) is 20.3 Å². The first-order valence-electron chi connectivity index (χ1n) is 2.27. The van der Waals surface area contributed by atoms with E-state index in [-0.39, 0.29) is 0 Å². The minimum absolute atomic E-state index is 0.625. The maximum atomic E-state index is 3.50. The van der Waals surface area contributed by atoms with Crippen LogP contribution in [0.3, 0.4) is 0 Å². The van der Waals surface area contributed by atoms with Crippen molar-refractivity contribution >= 4 is 15.9 Å². The Morgan fingerprint density at radius 3 is 1.83 bits per heavy atom. The van der Waals surface area contributed by atoms with Crippen LogP contribution in [0.2, 0.25) is 0 Å². The molecular formula is C5H9Br. The van der Waals surface area contributed by atoms with E-state index in [0.29, 0.717) is 5.41 Å². The summed E-state index contributed by atoms with van der Waals surface area (Å²) < 4.78 is 0. The highest BCUT2D eigenvalue weighted by atomic mass is 79.9. The fourth-order valence-corrected chi connectivity index (χ4v) is 1.24. The van der Waals surface area contributed by atoms with Gasteiger partial charge in [0.2, 0.25) is 0 Å². The van der Waals surface area contributed by atoms with Crippen LogP contribution < -0.4 is 0 Å². The molecule has 1 saturated carbocycles. The molecule has 0 heterocycles. The van der Waals surface area contributed by atoms with E-state index in [9.17, 15) is 0 Å². The number of hydrogen-bond acceptors (Lipinski definition) is 0. The second-order valence-electron chi connectivity index (χ2n) is 2.66. The molecule has 0 aromatic carbocycles. The number of halogens is 1. The zero-order valence-corrected chi connectivity index (χ0v) is 5.75. The molecule has 1 atom stereocenters. The molecule has 0 unspecified atom stereocenters. The van der Waals surface area contributed by atoms with Crippen molar-refractivity contribution < 1.29 is 0 Å². The SMILES string of the molecule is CC1(C)C[C@@H]1Br. The lowest BCUT2D eigenvalue weighted by atomic mass is 10.2. The van der Waals surface area contributed by atoms with Gasteiger partial charge in [0.05, 0.1) is 0 Å². The van der Waals surface area contributed by atoms with Crippen LogP contribution in [0.5, 0.6) is 0 Å². The Hall–Kier alpha value is 0.480. The molecule has 36 valence electrons. The number of alkyl halides is 1. The molecule has 1 rings (SSSR count). The summed E-state index contributed by atoms with van der Waals surface area (Å²) >= 11 is 3.50. The third-order valence-corrected chi connectivity index (χ3v) is 2.96. The summed E-state index contributed by atoms with van der Waals surface area (Å²) in [6, 6.07) is 0. The Labute approximate surface area is 47.1 Å². The summed E-state index contributed by atoms with van der Waals surface area (Å²) in [7, 11) is 0. The first-order chi connectivity index (χ1) is 2.63. The molecule has 0 aliphatic heterocycles. The topological polar surface area (TPSA) is 0 Å². The molecule has 0 amide bonds. The van der Waals surface area contributed by atoms with E-state index in [0.717, 1.165) is 4.83 Å². The third kappa shape index (κ3) is 0.604. The fraction of sp³-hybridized carbons (Fsp3) is 1.00. The van der Waals surface area contributed by atoms with Crippen LogP contribution in [0.4, 0.5) is 0 Å². The van der Waals surface area contributed by atoms with Crippen molar-refractivity contribution in [1.82, 2.24) is 0 Å². The maximum Gasteiger partial charge on any atom is 0.0202 e. The highest BCUT2D eigenvalue weighted by Gasteiger charge is 2.43. The van der Waals surface area contributed by atoms with Crippen LogP contribution in [-0.4, -0.2) is 4.83 Å². The normalized spacial score (nSPS) is 39.5. The van der Waals surface area contributed by atoms with Gasteiger partial charge in [-0.2, -0.15) is 0 Å². The Morgan fingerprint density at radius 2 is 1.83 bits per heavy atom. The van der Waals surface area contributed by atoms with E-state index in [1.807, 2.05) is 0 Å². The molecule has 0 nitrogen and oxygen atoms in total. The van der Waals surface area contributed by atoms with Gasteiger partial charge in [0, 0.05) is 4.83 Å². The zero-order valence-electron chi connectivity index (χ0n) is 4.16. The van der Waals surface area contributed by atoms with Crippen LogP contribution >= 0.6 is 15.9 Å². The van der Waals surface area contributed by atoms with Gasteiger partial charge in [0.1, 0.15) is 0 Å². The Morgan fingerprint density at radius 1 is 1.67 bits per heavy atom. The van der Waals surface area contributed by atoms with Gasteiger partial charge in [-0.1, -0.05) is 29.8 Å². The largest absolute Gasteiger partial charge is 0.0885 e. The van der Waals surface area contributed by atoms with Gasteiger partial charge in [-0.25, -0.2) is 0 Å². The molecule has 1 aliphatic rings. The van der Waals surface area contributed by atoms with Crippen molar-refractivity contribution in [2.75, 3.05) is 0 Å². The number of hydrogen-bond donors (Lipinski definition) is 0. The molecule has 1 aliphatic carbocycles. The van der Waals surface area contributed by atoms with Gasteiger partial charge in [-0.05, 0) is 11.8 Å². The Kier molecular flexibility index (Phi) is 0.773. The summed E-state index contributed by atoms with van der Waals surface area (Å²) in [5.74, 6) is 0. The molecule has 1 heteroatoms. The summed E-state index contributed by atoms with van der Waals surface area (Å²) in [4.78, 5) is 0.810. The summed E-state index contributed by atoms with van der Waals surface area (Å²) in [5.41, 5.74) is 0.625. The van der Waals surface area contributed by atoms with E-state index in [4.69, 9.17) is 0 Å². The molecule has 0 saturated heterocycles. The van der Waals surface area contributed by atoms with Gasteiger partial charge in [-0.15, -0.1) is 0 Å². The average Bonchev–Trinajstić information content (AvgIpc) is 1.73. The summed E-state index contributed by atoms with van der Waals surface area (Å²) in [6.07, 6.45) is 1.35. The second-order valence-corrected chi connectivity index (χ2v) is 3.77. The molecular weight excluding hydrogens is 140 g/mol. The zero-order chi connectivity index (χ0) is 4.78. The van der Waals surface area contributed by atoms with E-state index < -0.39 is 0 Å². The molecule has 1 fully saturated rings. The minimum atomic E-state index is 0.625. The van der Waals surface area contributed by atoms with E-state index in [1.54, 1.807) is 0 Å². The van der Waals surface area contributed by atoms with Crippen molar-refractivity contribution in [3.05, 3.63) is 0 Å². The third-order valence-electron chi connectivity index (χ3n) is 1.39. The van der Waals surface area contributed by atoms with Crippen LogP contribution in [-0.2, 0) is 0 Å².